The molecule has 0 saturated carbocycles. The van der Waals surface area contributed by atoms with Crippen molar-refractivity contribution < 1.29 is 0 Å². The van der Waals surface area contributed by atoms with Crippen LogP contribution in [0.4, 0.5) is 0 Å². The summed E-state index contributed by atoms with van der Waals surface area (Å²) in [6.45, 7) is 2.85. The van der Waals surface area contributed by atoms with Crippen LogP contribution in [0.2, 0.25) is 0 Å². The molecule has 1 N–H and O–H groups in total. The monoisotopic (exact) mass is 269 g/mol. The second kappa shape index (κ2) is 7.78. The van der Waals surface area contributed by atoms with Crippen LogP contribution >= 0.6 is 0 Å². The highest BCUT2D eigenvalue weighted by molar-refractivity contribution is 5.27. The van der Waals surface area contributed by atoms with E-state index in [4.69, 9.17) is 0 Å². The molecule has 1 heterocycles. The second-order valence-electron chi connectivity index (χ2n) is 5.12. The molecule has 0 fully saturated rings. The van der Waals surface area contributed by atoms with Gasteiger partial charge in [-0.05, 0) is 50.3 Å². The van der Waals surface area contributed by atoms with Crippen molar-refractivity contribution in [2.75, 3.05) is 20.6 Å². The normalized spacial score (nSPS) is 10.9. The van der Waals surface area contributed by atoms with Crippen LogP contribution in [0, 0.1) is 0 Å². The molecule has 20 heavy (non-hydrogen) atoms. The van der Waals surface area contributed by atoms with Gasteiger partial charge in [0.15, 0.2) is 0 Å². The standard InChI is InChI=1S/C17H23N3/c1-18-12-10-15-7-3-4-8-16(15)13-20(2)14-17-9-5-6-11-19-17/h3-9,11,18H,10,12-14H2,1-2H3. The van der Waals surface area contributed by atoms with Crippen LogP contribution in [0.3, 0.4) is 0 Å². The molecule has 0 bridgehead atoms. The molecule has 3 nitrogen and oxygen atoms in total. The highest BCUT2D eigenvalue weighted by Gasteiger charge is 2.06. The fourth-order valence-corrected chi connectivity index (χ4v) is 2.33. The molecule has 2 rings (SSSR count). The Morgan fingerprint density at radius 3 is 2.45 bits per heavy atom. The zero-order chi connectivity index (χ0) is 14.2. The Morgan fingerprint density at radius 2 is 1.75 bits per heavy atom. The third kappa shape index (κ3) is 4.44. The van der Waals surface area contributed by atoms with Crippen LogP contribution in [0.1, 0.15) is 16.8 Å². The van der Waals surface area contributed by atoms with Gasteiger partial charge in [0.2, 0.25) is 0 Å². The smallest absolute Gasteiger partial charge is 0.0543 e. The summed E-state index contributed by atoms with van der Waals surface area (Å²) >= 11 is 0. The van der Waals surface area contributed by atoms with Crippen LogP contribution in [-0.4, -0.2) is 30.5 Å². The quantitative estimate of drug-likeness (QED) is 0.837. The maximum Gasteiger partial charge on any atom is 0.0543 e. The van der Waals surface area contributed by atoms with Crippen molar-refractivity contribution in [1.29, 1.82) is 0 Å². The van der Waals surface area contributed by atoms with E-state index in [1.807, 2.05) is 25.4 Å². The van der Waals surface area contributed by atoms with Gasteiger partial charge < -0.3 is 5.32 Å². The van der Waals surface area contributed by atoms with Gasteiger partial charge in [-0.25, -0.2) is 0 Å². The van der Waals surface area contributed by atoms with E-state index in [-0.39, 0.29) is 0 Å². The molecule has 0 aliphatic carbocycles. The number of aromatic nitrogens is 1. The van der Waals surface area contributed by atoms with E-state index < -0.39 is 0 Å². The van der Waals surface area contributed by atoms with Gasteiger partial charge in [-0.3, -0.25) is 9.88 Å². The minimum atomic E-state index is 0.876. The summed E-state index contributed by atoms with van der Waals surface area (Å²) in [4.78, 5) is 6.69. The summed E-state index contributed by atoms with van der Waals surface area (Å²) in [5.74, 6) is 0. The number of rotatable bonds is 7. The van der Waals surface area contributed by atoms with Gasteiger partial charge in [0, 0.05) is 19.3 Å². The topological polar surface area (TPSA) is 28.2 Å². The van der Waals surface area contributed by atoms with E-state index in [0.29, 0.717) is 0 Å². The number of nitrogens with zero attached hydrogens (tertiary/aromatic N) is 2. The lowest BCUT2D eigenvalue weighted by atomic mass is 10.0. The van der Waals surface area contributed by atoms with Crippen molar-refractivity contribution in [3.63, 3.8) is 0 Å². The molecular formula is C17H23N3. The molecule has 0 unspecified atom stereocenters. The van der Waals surface area contributed by atoms with Crippen LogP contribution in [0.25, 0.3) is 0 Å². The van der Waals surface area contributed by atoms with Crippen molar-refractivity contribution in [3.8, 4) is 0 Å². The highest BCUT2D eigenvalue weighted by Crippen LogP contribution is 2.13. The largest absolute Gasteiger partial charge is 0.319 e. The van der Waals surface area contributed by atoms with Crippen LogP contribution in [-0.2, 0) is 19.5 Å². The Bertz CT molecular complexity index is 511. The molecule has 0 spiro atoms. The molecule has 106 valence electrons. The maximum atomic E-state index is 4.38. The highest BCUT2D eigenvalue weighted by atomic mass is 15.1. The summed E-state index contributed by atoms with van der Waals surface area (Å²) in [6.07, 6.45) is 2.92. The van der Waals surface area contributed by atoms with Gasteiger partial charge in [0.05, 0.1) is 5.69 Å². The Morgan fingerprint density at radius 1 is 1.00 bits per heavy atom. The molecule has 0 aliphatic heterocycles. The second-order valence-corrected chi connectivity index (χ2v) is 5.12. The van der Waals surface area contributed by atoms with Crippen molar-refractivity contribution in [1.82, 2.24) is 15.2 Å². The van der Waals surface area contributed by atoms with Gasteiger partial charge in [0.1, 0.15) is 0 Å². The van der Waals surface area contributed by atoms with Gasteiger partial charge >= 0.3 is 0 Å². The number of benzene rings is 1. The molecular weight excluding hydrogens is 246 g/mol. The summed E-state index contributed by atoms with van der Waals surface area (Å²) in [6, 6.07) is 14.7. The average Bonchev–Trinajstić information content (AvgIpc) is 2.47. The summed E-state index contributed by atoms with van der Waals surface area (Å²) < 4.78 is 0. The lowest BCUT2D eigenvalue weighted by Gasteiger charge is -2.18. The van der Waals surface area contributed by atoms with E-state index in [0.717, 1.165) is 31.7 Å². The fourth-order valence-electron chi connectivity index (χ4n) is 2.33. The van der Waals surface area contributed by atoms with E-state index in [9.17, 15) is 0 Å². The number of hydrogen-bond acceptors (Lipinski definition) is 3. The fraction of sp³-hybridized carbons (Fsp3) is 0.353. The zero-order valence-electron chi connectivity index (χ0n) is 12.3. The Labute approximate surface area is 121 Å². The maximum absolute atomic E-state index is 4.38. The number of hydrogen-bond donors (Lipinski definition) is 1. The minimum absolute atomic E-state index is 0.876. The SMILES string of the molecule is CNCCc1ccccc1CN(C)Cc1ccccn1. The Hall–Kier alpha value is -1.71. The average molecular weight is 269 g/mol. The first-order valence-electron chi connectivity index (χ1n) is 7.09. The molecule has 0 amide bonds. The molecule has 1 aromatic carbocycles. The molecule has 3 heteroatoms. The van der Waals surface area contributed by atoms with E-state index in [2.05, 4.69) is 52.6 Å². The van der Waals surface area contributed by atoms with Crippen LogP contribution < -0.4 is 5.32 Å². The lowest BCUT2D eigenvalue weighted by molar-refractivity contribution is 0.314. The third-order valence-corrected chi connectivity index (χ3v) is 3.36. The summed E-state index contributed by atoms with van der Waals surface area (Å²) in [5, 5.41) is 3.21. The first-order valence-corrected chi connectivity index (χ1v) is 7.09. The Balaban J connectivity index is 1.98. The molecule has 0 saturated heterocycles. The first kappa shape index (κ1) is 14.7. The molecule has 0 atom stereocenters. The first-order chi connectivity index (χ1) is 9.79. The van der Waals surface area contributed by atoms with Gasteiger partial charge in [-0.2, -0.15) is 0 Å². The van der Waals surface area contributed by atoms with Gasteiger partial charge in [-0.1, -0.05) is 30.3 Å². The molecule has 0 radical (unpaired) electrons. The molecule has 1 aromatic heterocycles. The number of nitrogens with one attached hydrogen (secondary N) is 1. The molecule has 0 aliphatic rings. The third-order valence-electron chi connectivity index (χ3n) is 3.36. The lowest BCUT2D eigenvalue weighted by Crippen LogP contribution is -2.19. The van der Waals surface area contributed by atoms with Crippen molar-refractivity contribution >= 4 is 0 Å². The van der Waals surface area contributed by atoms with Crippen molar-refractivity contribution in [3.05, 3.63) is 65.5 Å². The minimum Gasteiger partial charge on any atom is -0.319 e. The Kier molecular flexibility index (Phi) is 5.71. The summed E-state index contributed by atoms with van der Waals surface area (Å²) in [5.41, 5.74) is 3.94. The predicted molar refractivity (Wildman–Crippen MR) is 83.5 cm³/mol. The summed E-state index contributed by atoms with van der Waals surface area (Å²) in [7, 11) is 4.14. The zero-order valence-corrected chi connectivity index (χ0v) is 12.3. The molecule has 2 aromatic rings. The predicted octanol–water partition coefficient (Wildman–Crippen LogP) is 2.48. The van der Waals surface area contributed by atoms with Crippen molar-refractivity contribution in [2.45, 2.75) is 19.5 Å². The number of likely N-dealkylation sites (N-methyl/N-ethyl adjacent to an activating group) is 1. The van der Waals surface area contributed by atoms with E-state index in [1.54, 1.807) is 0 Å². The van der Waals surface area contributed by atoms with Crippen molar-refractivity contribution in [2.24, 2.45) is 0 Å². The van der Waals surface area contributed by atoms with E-state index in [1.165, 1.54) is 11.1 Å². The number of pyridine rings is 1. The van der Waals surface area contributed by atoms with Crippen LogP contribution in [0.5, 0.6) is 0 Å². The van der Waals surface area contributed by atoms with Crippen LogP contribution in [0.15, 0.2) is 48.7 Å². The van der Waals surface area contributed by atoms with E-state index >= 15 is 0 Å². The van der Waals surface area contributed by atoms with Gasteiger partial charge in [0.25, 0.3) is 0 Å². The van der Waals surface area contributed by atoms with Gasteiger partial charge in [-0.15, -0.1) is 0 Å².